The van der Waals surface area contributed by atoms with Gasteiger partial charge < -0.3 is 9.47 Å². The van der Waals surface area contributed by atoms with Crippen molar-refractivity contribution in [3.05, 3.63) is 56.5 Å². The molecule has 0 bridgehead atoms. The molecule has 0 heterocycles. The van der Waals surface area contributed by atoms with Gasteiger partial charge in [-0.1, -0.05) is 55.6 Å². The van der Waals surface area contributed by atoms with E-state index in [4.69, 9.17) is 21.1 Å². The molecule has 2 nitrogen and oxygen atoms in total. The first-order valence-corrected chi connectivity index (χ1v) is 8.38. The van der Waals surface area contributed by atoms with Crippen molar-refractivity contribution in [3.8, 4) is 11.5 Å². The lowest BCUT2D eigenvalue weighted by Gasteiger charge is -2.17. The van der Waals surface area contributed by atoms with Gasteiger partial charge in [-0.05, 0) is 41.8 Å². The molecule has 2 aromatic carbocycles. The zero-order valence-corrected chi connectivity index (χ0v) is 15.8. The minimum atomic E-state index is 0.0302. The Bertz CT molecular complexity index is 659. The van der Waals surface area contributed by atoms with Crippen LogP contribution in [-0.4, -0.2) is 14.2 Å². The highest BCUT2D eigenvalue weighted by molar-refractivity contribution is 9.11. The molecule has 0 saturated heterocycles. The van der Waals surface area contributed by atoms with Gasteiger partial charge in [0.2, 0.25) is 0 Å². The van der Waals surface area contributed by atoms with Crippen molar-refractivity contribution in [2.75, 3.05) is 14.2 Å². The van der Waals surface area contributed by atoms with Crippen LogP contribution in [0.15, 0.2) is 34.8 Å². The standard InChI is InChI=1S/C16H15Br2ClO2/c1-9-6-10(4-5-13(9)19)16(18)11-7-14(20-2)15(21-3)8-12(11)17/h4-8,16H,1-3H3. The fourth-order valence-electron chi connectivity index (χ4n) is 2.07. The lowest BCUT2D eigenvalue weighted by Crippen LogP contribution is -1.98. The summed E-state index contributed by atoms with van der Waals surface area (Å²) in [6.07, 6.45) is 0. The molecule has 5 heteroatoms. The van der Waals surface area contributed by atoms with Gasteiger partial charge in [0.1, 0.15) is 0 Å². The topological polar surface area (TPSA) is 18.5 Å². The number of hydrogen-bond donors (Lipinski definition) is 0. The van der Waals surface area contributed by atoms with Gasteiger partial charge in [0.05, 0.1) is 19.0 Å². The van der Waals surface area contributed by atoms with Gasteiger partial charge in [-0.2, -0.15) is 0 Å². The van der Waals surface area contributed by atoms with E-state index < -0.39 is 0 Å². The van der Waals surface area contributed by atoms with Gasteiger partial charge in [0, 0.05) is 9.50 Å². The molecule has 0 fully saturated rings. The van der Waals surface area contributed by atoms with Crippen LogP contribution in [0.5, 0.6) is 11.5 Å². The fraction of sp³-hybridized carbons (Fsp3) is 0.250. The van der Waals surface area contributed by atoms with Crippen LogP contribution >= 0.6 is 43.5 Å². The number of rotatable bonds is 4. The Balaban J connectivity index is 2.47. The average molecular weight is 435 g/mol. The van der Waals surface area contributed by atoms with Crippen LogP contribution in [0.2, 0.25) is 5.02 Å². The van der Waals surface area contributed by atoms with Crippen molar-refractivity contribution in [1.29, 1.82) is 0 Å². The van der Waals surface area contributed by atoms with Crippen LogP contribution in [0.25, 0.3) is 0 Å². The number of alkyl halides is 1. The van der Waals surface area contributed by atoms with Crippen molar-refractivity contribution in [3.63, 3.8) is 0 Å². The molecular weight excluding hydrogens is 419 g/mol. The number of aryl methyl sites for hydroxylation is 1. The molecule has 21 heavy (non-hydrogen) atoms. The van der Waals surface area contributed by atoms with Crippen LogP contribution in [0, 0.1) is 6.92 Å². The highest BCUT2D eigenvalue weighted by Crippen LogP contribution is 2.41. The van der Waals surface area contributed by atoms with E-state index in [1.165, 1.54) is 0 Å². The number of benzene rings is 2. The van der Waals surface area contributed by atoms with Crippen LogP contribution in [-0.2, 0) is 0 Å². The van der Waals surface area contributed by atoms with Crippen molar-refractivity contribution >= 4 is 43.5 Å². The molecule has 1 unspecified atom stereocenters. The van der Waals surface area contributed by atoms with Gasteiger partial charge in [-0.15, -0.1) is 0 Å². The monoisotopic (exact) mass is 432 g/mol. The van der Waals surface area contributed by atoms with Gasteiger partial charge >= 0.3 is 0 Å². The minimum Gasteiger partial charge on any atom is -0.493 e. The summed E-state index contributed by atoms with van der Waals surface area (Å²) in [6.45, 7) is 2.00. The zero-order chi connectivity index (χ0) is 15.6. The molecular formula is C16H15Br2ClO2. The molecule has 0 spiro atoms. The van der Waals surface area contributed by atoms with Gasteiger partial charge in [-0.3, -0.25) is 0 Å². The van der Waals surface area contributed by atoms with Gasteiger partial charge in [0.25, 0.3) is 0 Å². The quantitative estimate of drug-likeness (QED) is 0.557. The van der Waals surface area contributed by atoms with Crippen molar-refractivity contribution in [2.24, 2.45) is 0 Å². The van der Waals surface area contributed by atoms with E-state index >= 15 is 0 Å². The second-order valence-electron chi connectivity index (χ2n) is 4.60. The first-order valence-electron chi connectivity index (χ1n) is 6.29. The second kappa shape index (κ2) is 7.03. The van der Waals surface area contributed by atoms with E-state index in [9.17, 15) is 0 Å². The summed E-state index contributed by atoms with van der Waals surface area (Å²) < 4.78 is 11.6. The average Bonchev–Trinajstić information content (AvgIpc) is 2.49. The summed E-state index contributed by atoms with van der Waals surface area (Å²) in [6, 6.07) is 9.87. The van der Waals surface area contributed by atoms with Crippen molar-refractivity contribution in [2.45, 2.75) is 11.8 Å². The fourth-order valence-corrected chi connectivity index (χ4v) is 3.71. The highest BCUT2D eigenvalue weighted by Gasteiger charge is 2.18. The molecule has 0 aliphatic heterocycles. The maximum Gasteiger partial charge on any atom is 0.161 e. The Morgan fingerprint density at radius 3 is 2.24 bits per heavy atom. The highest BCUT2D eigenvalue weighted by atomic mass is 79.9. The van der Waals surface area contributed by atoms with E-state index in [0.717, 1.165) is 26.2 Å². The molecule has 0 amide bonds. The van der Waals surface area contributed by atoms with Crippen molar-refractivity contribution < 1.29 is 9.47 Å². The summed E-state index contributed by atoms with van der Waals surface area (Å²) in [7, 11) is 3.25. The summed E-state index contributed by atoms with van der Waals surface area (Å²) in [5.74, 6) is 1.39. The number of methoxy groups -OCH3 is 2. The molecule has 0 aliphatic rings. The predicted octanol–water partition coefficient (Wildman–Crippen LogP) is 5.91. The lowest BCUT2D eigenvalue weighted by atomic mass is 10.0. The molecule has 1 atom stereocenters. The third kappa shape index (κ3) is 3.55. The Morgan fingerprint density at radius 2 is 1.67 bits per heavy atom. The molecule has 0 aliphatic carbocycles. The number of ether oxygens (including phenoxy) is 2. The first-order chi connectivity index (χ1) is 9.97. The summed E-state index contributed by atoms with van der Waals surface area (Å²) in [5, 5.41) is 0.768. The number of hydrogen-bond acceptors (Lipinski definition) is 2. The molecule has 0 radical (unpaired) electrons. The minimum absolute atomic E-state index is 0.0302. The normalized spacial score (nSPS) is 12.1. The summed E-state index contributed by atoms with van der Waals surface area (Å²) in [4.78, 5) is 0.0302. The third-order valence-corrected chi connectivity index (χ3v) is 5.38. The lowest BCUT2D eigenvalue weighted by molar-refractivity contribution is 0.354. The van der Waals surface area contributed by atoms with E-state index in [1.54, 1.807) is 14.2 Å². The Kier molecular flexibility index (Phi) is 5.58. The SMILES string of the molecule is COc1cc(Br)c(C(Br)c2ccc(Cl)c(C)c2)cc1OC. The maximum atomic E-state index is 6.09. The Labute approximate surface area is 146 Å². The number of halogens is 3. The smallest absolute Gasteiger partial charge is 0.161 e. The largest absolute Gasteiger partial charge is 0.493 e. The Morgan fingerprint density at radius 1 is 1.05 bits per heavy atom. The molecule has 0 aromatic heterocycles. The van der Waals surface area contributed by atoms with Crippen LogP contribution < -0.4 is 9.47 Å². The van der Waals surface area contributed by atoms with E-state index in [1.807, 2.05) is 31.2 Å². The predicted molar refractivity (Wildman–Crippen MR) is 94.2 cm³/mol. The van der Waals surface area contributed by atoms with E-state index in [-0.39, 0.29) is 4.83 Å². The van der Waals surface area contributed by atoms with Gasteiger partial charge in [-0.25, -0.2) is 0 Å². The van der Waals surface area contributed by atoms with Crippen LogP contribution in [0.4, 0.5) is 0 Å². The summed E-state index contributed by atoms with van der Waals surface area (Å²) >= 11 is 13.4. The summed E-state index contributed by atoms with van der Waals surface area (Å²) in [5.41, 5.74) is 3.24. The second-order valence-corrected chi connectivity index (χ2v) is 6.78. The molecule has 112 valence electrons. The van der Waals surface area contributed by atoms with E-state index in [2.05, 4.69) is 37.9 Å². The molecule has 2 rings (SSSR count). The first kappa shape index (κ1) is 16.7. The van der Waals surface area contributed by atoms with E-state index in [0.29, 0.717) is 11.5 Å². The van der Waals surface area contributed by atoms with Crippen LogP contribution in [0.3, 0.4) is 0 Å². The zero-order valence-electron chi connectivity index (χ0n) is 11.9. The molecule has 2 aromatic rings. The third-order valence-electron chi connectivity index (χ3n) is 3.25. The molecule has 0 N–H and O–H groups in total. The van der Waals surface area contributed by atoms with Gasteiger partial charge in [0.15, 0.2) is 11.5 Å². The van der Waals surface area contributed by atoms with Crippen molar-refractivity contribution in [1.82, 2.24) is 0 Å². The maximum absolute atomic E-state index is 6.09. The van der Waals surface area contributed by atoms with Crippen LogP contribution in [0.1, 0.15) is 21.5 Å². The molecule has 0 saturated carbocycles. The Hall–Kier alpha value is -0.710.